The maximum absolute atomic E-state index is 12.0. The molecule has 1 aromatic carbocycles. The lowest BCUT2D eigenvalue weighted by molar-refractivity contribution is -0.119. The molecular formula is C14H16ClN3OS. The molecule has 1 saturated heterocycles. The Kier molecular flexibility index (Phi) is 5.11. The molecule has 0 radical (unpaired) electrons. The van der Waals surface area contributed by atoms with Crippen molar-refractivity contribution >= 4 is 35.3 Å². The molecule has 1 aromatic heterocycles. The smallest absolute Gasteiger partial charge is 0.228 e. The van der Waals surface area contributed by atoms with Crippen LogP contribution in [0.4, 0.5) is 5.69 Å². The van der Waals surface area contributed by atoms with Crippen LogP contribution in [0.1, 0.15) is 6.42 Å². The fraction of sp³-hybridized carbons (Fsp3) is 0.286. The fourth-order valence-electron chi connectivity index (χ4n) is 2.22. The number of hydrogen-bond donors (Lipinski definition) is 2. The molecule has 1 aliphatic heterocycles. The second-order valence-corrected chi connectivity index (χ2v) is 5.49. The van der Waals surface area contributed by atoms with Crippen molar-refractivity contribution in [2.45, 2.75) is 6.42 Å². The van der Waals surface area contributed by atoms with Gasteiger partial charge >= 0.3 is 0 Å². The monoisotopic (exact) mass is 309 g/mol. The Morgan fingerprint density at radius 2 is 2.35 bits per heavy atom. The van der Waals surface area contributed by atoms with Gasteiger partial charge in [0.2, 0.25) is 5.91 Å². The Labute approximate surface area is 128 Å². The lowest BCUT2D eigenvalue weighted by atomic mass is 10.1. The summed E-state index contributed by atoms with van der Waals surface area (Å²) in [5.74, 6) is 0.185. The van der Waals surface area contributed by atoms with Crippen molar-refractivity contribution in [1.29, 1.82) is 0 Å². The highest BCUT2D eigenvalue weighted by atomic mass is 35.5. The molecule has 1 amide bonds. The van der Waals surface area contributed by atoms with Gasteiger partial charge in [0.05, 0.1) is 5.92 Å². The van der Waals surface area contributed by atoms with Crippen molar-refractivity contribution in [3.8, 4) is 10.6 Å². The molecule has 2 aromatic rings. The number of halogens is 1. The van der Waals surface area contributed by atoms with Crippen LogP contribution in [-0.2, 0) is 4.79 Å². The largest absolute Gasteiger partial charge is 0.326 e. The van der Waals surface area contributed by atoms with Crippen LogP contribution in [0.3, 0.4) is 0 Å². The van der Waals surface area contributed by atoms with Gasteiger partial charge in [-0.15, -0.1) is 23.7 Å². The van der Waals surface area contributed by atoms with Crippen LogP contribution < -0.4 is 10.6 Å². The van der Waals surface area contributed by atoms with E-state index in [1.165, 1.54) is 0 Å². The number of carbonyl (C=O) groups is 1. The average molecular weight is 310 g/mol. The van der Waals surface area contributed by atoms with Gasteiger partial charge in [0.1, 0.15) is 5.01 Å². The minimum absolute atomic E-state index is 0. The van der Waals surface area contributed by atoms with E-state index in [9.17, 15) is 4.79 Å². The Balaban J connectivity index is 0.00000147. The minimum Gasteiger partial charge on any atom is -0.326 e. The molecule has 4 nitrogen and oxygen atoms in total. The number of carbonyl (C=O) groups excluding carboxylic acids is 1. The number of rotatable bonds is 3. The fourth-order valence-corrected chi connectivity index (χ4v) is 2.85. The SMILES string of the molecule is Cl.O=C(Nc1cccc(-c2nccs2)c1)C1CCNC1. The van der Waals surface area contributed by atoms with Gasteiger partial charge in [-0.3, -0.25) is 4.79 Å². The summed E-state index contributed by atoms with van der Waals surface area (Å²) in [5.41, 5.74) is 1.88. The number of thiazole rings is 1. The number of nitrogens with one attached hydrogen (secondary N) is 2. The molecule has 1 atom stereocenters. The summed E-state index contributed by atoms with van der Waals surface area (Å²) in [6.45, 7) is 1.70. The molecule has 1 unspecified atom stereocenters. The van der Waals surface area contributed by atoms with Gasteiger partial charge in [0, 0.05) is 29.4 Å². The van der Waals surface area contributed by atoms with Crippen molar-refractivity contribution < 1.29 is 4.79 Å². The van der Waals surface area contributed by atoms with Crippen molar-refractivity contribution in [2.75, 3.05) is 18.4 Å². The number of nitrogens with zero attached hydrogens (tertiary/aromatic N) is 1. The number of amides is 1. The topological polar surface area (TPSA) is 54.0 Å². The molecule has 2 N–H and O–H groups in total. The second-order valence-electron chi connectivity index (χ2n) is 4.60. The molecule has 2 heterocycles. The standard InChI is InChI=1S/C14H15N3OS.ClH/c18-13(11-4-5-15-9-11)17-12-3-1-2-10(8-12)14-16-6-7-19-14;/h1-3,6-8,11,15H,4-5,9H2,(H,17,18);1H. The molecule has 0 saturated carbocycles. The van der Waals surface area contributed by atoms with E-state index in [1.54, 1.807) is 17.5 Å². The van der Waals surface area contributed by atoms with Crippen LogP contribution in [0.2, 0.25) is 0 Å². The normalized spacial score (nSPS) is 17.5. The first-order valence-electron chi connectivity index (χ1n) is 6.34. The number of aromatic nitrogens is 1. The van der Waals surface area contributed by atoms with E-state index in [4.69, 9.17) is 0 Å². The van der Waals surface area contributed by atoms with Crippen LogP contribution in [0.5, 0.6) is 0 Å². The number of anilines is 1. The van der Waals surface area contributed by atoms with Crippen LogP contribution in [0.15, 0.2) is 35.8 Å². The zero-order chi connectivity index (χ0) is 13.1. The van der Waals surface area contributed by atoms with Gasteiger partial charge in [-0.25, -0.2) is 4.98 Å². The lowest BCUT2D eigenvalue weighted by Gasteiger charge is -2.10. The maximum Gasteiger partial charge on any atom is 0.228 e. The third-order valence-electron chi connectivity index (χ3n) is 3.24. The van der Waals surface area contributed by atoms with E-state index in [0.717, 1.165) is 35.8 Å². The van der Waals surface area contributed by atoms with Gasteiger partial charge in [-0.2, -0.15) is 0 Å². The molecule has 106 valence electrons. The van der Waals surface area contributed by atoms with Gasteiger partial charge in [0.25, 0.3) is 0 Å². The van der Waals surface area contributed by atoms with E-state index >= 15 is 0 Å². The zero-order valence-corrected chi connectivity index (χ0v) is 12.5. The average Bonchev–Trinajstić information content (AvgIpc) is 3.13. The summed E-state index contributed by atoms with van der Waals surface area (Å²) in [4.78, 5) is 16.3. The summed E-state index contributed by atoms with van der Waals surface area (Å²) in [5, 5.41) is 9.11. The van der Waals surface area contributed by atoms with E-state index in [2.05, 4.69) is 15.6 Å². The van der Waals surface area contributed by atoms with Crippen LogP contribution >= 0.6 is 23.7 Å². The molecule has 0 bridgehead atoms. The lowest BCUT2D eigenvalue weighted by Crippen LogP contribution is -2.24. The molecule has 0 aliphatic carbocycles. The third kappa shape index (κ3) is 3.36. The summed E-state index contributed by atoms with van der Waals surface area (Å²) < 4.78 is 0. The predicted molar refractivity (Wildman–Crippen MR) is 84.4 cm³/mol. The summed E-state index contributed by atoms with van der Waals surface area (Å²) in [6, 6.07) is 7.83. The molecule has 1 aliphatic rings. The number of benzene rings is 1. The Hall–Kier alpha value is -1.43. The van der Waals surface area contributed by atoms with E-state index in [-0.39, 0.29) is 24.2 Å². The molecular weight excluding hydrogens is 294 g/mol. The van der Waals surface area contributed by atoms with Gasteiger partial charge in [-0.05, 0) is 25.1 Å². The van der Waals surface area contributed by atoms with E-state index in [1.807, 2.05) is 29.6 Å². The van der Waals surface area contributed by atoms with Gasteiger partial charge in [-0.1, -0.05) is 12.1 Å². The minimum atomic E-state index is 0. The summed E-state index contributed by atoms with van der Waals surface area (Å²) in [6.07, 6.45) is 2.70. The highest BCUT2D eigenvalue weighted by molar-refractivity contribution is 7.13. The predicted octanol–water partition coefficient (Wildman–Crippen LogP) is 2.78. The Bertz CT molecular complexity index is 568. The van der Waals surface area contributed by atoms with Crippen molar-refractivity contribution in [2.24, 2.45) is 5.92 Å². The van der Waals surface area contributed by atoms with Crippen molar-refractivity contribution in [1.82, 2.24) is 10.3 Å². The quantitative estimate of drug-likeness (QED) is 0.916. The van der Waals surface area contributed by atoms with Crippen molar-refractivity contribution in [3.63, 3.8) is 0 Å². The summed E-state index contributed by atoms with van der Waals surface area (Å²) in [7, 11) is 0. The van der Waals surface area contributed by atoms with Gasteiger partial charge < -0.3 is 10.6 Å². The summed E-state index contributed by atoms with van der Waals surface area (Å²) >= 11 is 1.60. The zero-order valence-electron chi connectivity index (χ0n) is 10.8. The first-order chi connectivity index (χ1) is 9.33. The molecule has 20 heavy (non-hydrogen) atoms. The van der Waals surface area contributed by atoms with Crippen molar-refractivity contribution in [3.05, 3.63) is 35.8 Å². The first-order valence-corrected chi connectivity index (χ1v) is 7.22. The Morgan fingerprint density at radius 1 is 1.45 bits per heavy atom. The molecule has 1 fully saturated rings. The number of hydrogen-bond acceptors (Lipinski definition) is 4. The van der Waals surface area contributed by atoms with Gasteiger partial charge in [0.15, 0.2) is 0 Å². The highest BCUT2D eigenvalue weighted by Crippen LogP contribution is 2.24. The van der Waals surface area contributed by atoms with Crippen LogP contribution in [0, 0.1) is 5.92 Å². The van der Waals surface area contributed by atoms with E-state index < -0.39 is 0 Å². The molecule has 3 rings (SSSR count). The third-order valence-corrected chi connectivity index (χ3v) is 4.06. The molecule has 6 heteroatoms. The molecule has 0 spiro atoms. The Morgan fingerprint density at radius 3 is 3.05 bits per heavy atom. The van der Waals surface area contributed by atoms with Crippen LogP contribution in [0.25, 0.3) is 10.6 Å². The first kappa shape index (κ1) is 15.0. The van der Waals surface area contributed by atoms with Crippen LogP contribution in [-0.4, -0.2) is 24.0 Å². The second kappa shape index (κ2) is 6.83. The highest BCUT2D eigenvalue weighted by Gasteiger charge is 2.22. The maximum atomic E-state index is 12.0. The van der Waals surface area contributed by atoms with E-state index in [0.29, 0.717) is 0 Å².